The minimum Gasteiger partial charge on any atom is -0.508 e. The Labute approximate surface area is 59.1 Å². The van der Waals surface area contributed by atoms with E-state index >= 15 is 0 Å². The van der Waals surface area contributed by atoms with Crippen molar-refractivity contribution in [3.05, 3.63) is 29.3 Å². The molecule has 2 nitrogen and oxygen atoms in total. The molecule has 1 aromatic rings. The smallest absolute Gasteiger partial charge is 0.115 e. The van der Waals surface area contributed by atoms with Gasteiger partial charge in [0.05, 0.1) is 13.2 Å². The minimum absolute atomic E-state index is 0.323. The van der Waals surface area contributed by atoms with Crippen LogP contribution in [-0.4, -0.2) is 5.11 Å². The van der Waals surface area contributed by atoms with E-state index in [0.717, 1.165) is 5.56 Å². The first-order valence-corrected chi connectivity index (χ1v) is 3.25. The van der Waals surface area contributed by atoms with Gasteiger partial charge in [0, 0.05) is 0 Å². The molecule has 0 unspecified atom stereocenters. The lowest BCUT2D eigenvalue weighted by Gasteiger charge is -1.95. The van der Waals surface area contributed by atoms with Gasteiger partial charge in [-0.1, -0.05) is 6.07 Å². The van der Waals surface area contributed by atoms with Gasteiger partial charge in [-0.2, -0.15) is 0 Å². The number of phenols is 1. The molecule has 1 aliphatic rings. The molecule has 2 rings (SSSR count). The molecule has 0 bridgehead atoms. The second kappa shape index (κ2) is 1.99. The Bertz CT molecular complexity index is 255. The number of hydrogen-bond acceptors (Lipinski definition) is 2. The van der Waals surface area contributed by atoms with Crippen LogP contribution in [0.5, 0.6) is 5.75 Å². The van der Waals surface area contributed by atoms with Gasteiger partial charge in [-0.05, 0) is 23.3 Å². The van der Waals surface area contributed by atoms with Crippen molar-refractivity contribution in [1.82, 2.24) is 0 Å². The molecular formula is C8H8O2. The van der Waals surface area contributed by atoms with Crippen molar-refractivity contribution >= 4 is 0 Å². The number of phenolic OH excluding ortho intramolecular Hbond substituents is 1. The van der Waals surface area contributed by atoms with E-state index in [1.807, 2.05) is 6.07 Å². The van der Waals surface area contributed by atoms with E-state index in [0.29, 0.717) is 19.0 Å². The molecule has 0 radical (unpaired) electrons. The molecule has 0 saturated heterocycles. The Balaban J connectivity index is 2.52. The monoisotopic (exact) mass is 136 g/mol. The number of hydrogen-bond donors (Lipinski definition) is 1. The summed E-state index contributed by atoms with van der Waals surface area (Å²) in [6, 6.07) is 5.34. The first-order valence-electron chi connectivity index (χ1n) is 3.25. The van der Waals surface area contributed by atoms with Crippen LogP contribution >= 0.6 is 0 Å². The number of rotatable bonds is 0. The molecule has 0 aliphatic carbocycles. The summed E-state index contributed by atoms with van der Waals surface area (Å²) in [5, 5.41) is 9.04. The van der Waals surface area contributed by atoms with Gasteiger partial charge in [-0.25, -0.2) is 0 Å². The highest BCUT2D eigenvalue weighted by Crippen LogP contribution is 2.23. The Morgan fingerprint density at radius 1 is 1.20 bits per heavy atom. The summed E-state index contributed by atoms with van der Waals surface area (Å²) < 4.78 is 5.16. The van der Waals surface area contributed by atoms with Gasteiger partial charge in [0.15, 0.2) is 0 Å². The highest BCUT2D eigenvalue weighted by molar-refractivity contribution is 5.35. The Kier molecular flexibility index (Phi) is 1.14. The van der Waals surface area contributed by atoms with E-state index in [1.54, 1.807) is 12.1 Å². The van der Waals surface area contributed by atoms with Crippen LogP contribution in [0, 0.1) is 0 Å². The second-order valence-electron chi connectivity index (χ2n) is 2.45. The first kappa shape index (κ1) is 5.74. The van der Waals surface area contributed by atoms with Crippen LogP contribution in [0.3, 0.4) is 0 Å². The predicted molar refractivity (Wildman–Crippen MR) is 36.6 cm³/mol. The van der Waals surface area contributed by atoms with E-state index in [1.165, 1.54) is 5.56 Å². The van der Waals surface area contributed by atoms with Crippen molar-refractivity contribution in [3.63, 3.8) is 0 Å². The van der Waals surface area contributed by atoms with Gasteiger partial charge in [0.25, 0.3) is 0 Å². The van der Waals surface area contributed by atoms with Gasteiger partial charge < -0.3 is 9.84 Å². The Hall–Kier alpha value is -1.02. The molecule has 0 atom stereocenters. The predicted octanol–water partition coefficient (Wildman–Crippen LogP) is 1.42. The molecule has 0 fully saturated rings. The zero-order chi connectivity index (χ0) is 6.97. The topological polar surface area (TPSA) is 29.5 Å². The lowest BCUT2D eigenvalue weighted by Crippen LogP contribution is -1.78. The molecule has 52 valence electrons. The number of ether oxygens (including phenoxy) is 1. The van der Waals surface area contributed by atoms with Crippen molar-refractivity contribution < 1.29 is 9.84 Å². The molecule has 0 aromatic heterocycles. The average molecular weight is 136 g/mol. The third-order valence-electron chi connectivity index (χ3n) is 1.70. The zero-order valence-electron chi connectivity index (χ0n) is 5.50. The largest absolute Gasteiger partial charge is 0.508 e. The number of fused-ring (bicyclic) bond motifs is 1. The molecule has 1 aromatic carbocycles. The number of aromatic hydroxyl groups is 1. The van der Waals surface area contributed by atoms with Crippen LogP contribution in [0.2, 0.25) is 0 Å². The number of benzene rings is 1. The van der Waals surface area contributed by atoms with Gasteiger partial charge in [-0.15, -0.1) is 0 Å². The lowest BCUT2D eigenvalue weighted by atomic mass is 10.1. The fraction of sp³-hybridized carbons (Fsp3) is 0.250. The third kappa shape index (κ3) is 0.772. The van der Waals surface area contributed by atoms with Gasteiger partial charge in [0.2, 0.25) is 0 Å². The van der Waals surface area contributed by atoms with E-state index in [2.05, 4.69) is 0 Å². The van der Waals surface area contributed by atoms with Crippen LogP contribution in [0.1, 0.15) is 11.1 Å². The summed E-state index contributed by atoms with van der Waals surface area (Å²) in [6.45, 7) is 1.33. The Morgan fingerprint density at radius 3 is 2.90 bits per heavy atom. The first-order chi connectivity index (χ1) is 4.86. The van der Waals surface area contributed by atoms with Crippen LogP contribution < -0.4 is 0 Å². The minimum atomic E-state index is 0.323. The zero-order valence-corrected chi connectivity index (χ0v) is 5.50. The summed E-state index contributed by atoms with van der Waals surface area (Å²) in [6.07, 6.45) is 0. The normalized spacial score (nSPS) is 15.2. The molecule has 10 heavy (non-hydrogen) atoms. The van der Waals surface area contributed by atoms with E-state index in [-0.39, 0.29) is 0 Å². The summed E-state index contributed by atoms with van der Waals surface area (Å²) >= 11 is 0. The SMILES string of the molecule is Oc1ccc2c(c1)COC2. The van der Waals surface area contributed by atoms with Crippen molar-refractivity contribution in [1.29, 1.82) is 0 Å². The average Bonchev–Trinajstić information content (AvgIpc) is 2.33. The summed E-state index contributed by atoms with van der Waals surface area (Å²) in [5.41, 5.74) is 2.30. The van der Waals surface area contributed by atoms with E-state index in [9.17, 15) is 0 Å². The van der Waals surface area contributed by atoms with Crippen molar-refractivity contribution in [2.24, 2.45) is 0 Å². The fourth-order valence-electron chi connectivity index (χ4n) is 1.16. The molecule has 0 saturated carbocycles. The summed E-state index contributed by atoms with van der Waals surface area (Å²) in [7, 11) is 0. The van der Waals surface area contributed by atoms with Crippen LogP contribution in [0.15, 0.2) is 18.2 Å². The van der Waals surface area contributed by atoms with Crippen molar-refractivity contribution in [2.45, 2.75) is 13.2 Å². The standard InChI is InChI=1S/C8H8O2/c9-8-2-1-6-4-10-5-7(6)3-8/h1-3,9H,4-5H2. The van der Waals surface area contributed by atoms with Gasteiger partial charge in [-0.3, -0.25) is 0 Å². The van der Waals surface area contributed by atoms with Crippen LogP contribution in [0.4, 0.5) is 0 Å². The Morgan fingerprint density at radius 2 is 2.00 bits per heavy atom. The quantitative estimate of drug-likeness (QED) is 0.584. The van der Waals surface area contributed by atoms with E-state index in [4.69, 9.17) is 9.84 Å². The highest BCUT2D eigenvalue weighted by Gasteiger charge is 2.09. The van der Waals surface area contributed by atoms with Crippen molar-refractivity contribution in [2.75, 3.05) is 0 Å². The van der Waals surface area contributed by atoms with Gasteiger partial charge >= 0.3 is 0 Å². The lowest BCUT2D eigenvalue weighted by molar-refractivity contribution is 0.134. The molecule has 1 heterocycles. The van der Waals surface area contributed by atoms with Gasteiger partial charge in [0.1, 0.15) is 5.75 Å². The summed E-state index contributed by atoms with van der Waals surface area (Å²) in [4.78, 5) is 0. The maximum Gasteiger partial charge on any atom is 0.115 e. The second-order valence-corrected chi connectivity index (χ2v) is 2.45. The molecule has 2 heteroatoms. The molecule has 1 aliphatic heterocycles. The van der Waals surface area contributed by atoms with Crippen LogP contribution in [-0.2, 0) is 18.0 Å². The highest BCUT2D eigenvalue weighted by atomic mass is 16.5. The van der Waals surface area contributed by atoms with E-state index < -0.39 is 0 Å². The molecule has 0 amide bonds. The molecule has 1 N–H and O–H groups in total. The molecule has 0 spiro atoms. The van der Waals surface area contributed by atoms with Crippen LogP contribution in [0.25, 0.3) is 0 Å². The fourth-order valence-corrected chi connectivity index (χ4v) is 1.16. The maximum atomic E-state index is 9.04. The maximum absolute atomic E-state index is 9.04. The molecular weight excluding hydrogens is 128 g/mol. The van der Waals surface area contributed by atoms with Crippen molar-refractivity contribution in [3.8, 4) is 5.75 Å². The third-order valence-corrected chi connectivity index (χ3v) is 1.70. The summed E-state index contributed by atoms with van der Waals surface area (Å²) in [5.74, 6) is 0.323.